The molecule has 0 aliphatic carbocycles. The highest BCUT2D eigenvalue weighted by Gasteiger charge is 2.36. The Bertz CT molecular complexity index is 988. The van der Waals surface area contributed by atoms with Crippen LogP contribution in [0.5, 0.6) is 5.75 Å². The molecule has 0 unspecified atom stereocenters. The fourth-order valence-electron chi connectivity index (χ4n) is 3.37. The highest BCUT2D eigenvalue weighted by atomic mass is 32.2. The van der Waals surface area contributed by atoms with Crippen LogP contribution in [0.2, 0.25) is 0 Å². The minimum absolute atomic E-state index is 0.0431. The number of fused-ring (bicyclic) bond motifs is 1. The Morgan fingerprint density at radius 3 is 2.68 bits per heavy atom. The molecule has 2 aromatic carbocycles. The number of hydrogen-bond acceptors (Lipinski definition) is 4. The third-order valence-electron chi connectivity index (χ3n) is 4.99. The second-order valence-corrected chi connectivity index (χ2v) is 9.28. The van der Waals surface area contributed by atoms with Crippen LogP contribution in [0.1, 0.15) is 36.6 Å². The van der Waals surface area contributed by atoms with Crippen LogP contribution in [-0.2, 0) is 14.8 Å². The van der Waals surface area contributed by atoms with E-state index < -0.39 is 16.1 Å². The molecular weight excluding hydrogens is 376 g/mol. The van der Waals surface area contributed by atoms with Crippen molar-refractivity contribution < 1.29 is 17.9 Å². The number of hydrogen-bond donors (Lipinski definition) is 1. The maximum Gasteiger partial charge on any atom is 0.263 e. The van der Waals surface area contributed by atoms with Crippen molar-refractivity contribution in [3.05, 3.63) is 59.2 Å². The largest absolute Gasteiger partial charge is 0.476 e. The standard InChI is InChI=1S/C21H26N2O4S/c1-5-28(25,26)23-13-20(27-19-9-7-6-8-18(19)23)21(24)22-16(4)17-12-14(2)10-11-15(17)3/h6-12,16,20H,5,13H2,1-4H3,(H,22,24)/t16-,20+/m0/s1. The number of anilines is 1. The molecule has 3 rings (SSSR count). The fourth-order valence-corrected chi connectivity index (χ4v) is 4.49. The van der Waals surface area contributed by atoms with Crippen LogP contribution in [0.15, 0.2) is 42.5 Å². The number of ether oxygens (including phenoxy) is 1. The first-order valence-corrected chi connectivity index (χ1v) is 11.0. The van der Waals surface area contributed by atoms with Crippen LogP contribution in [0.25, 0.3) is 0 Å². The van der Waals surface area contributed by atoms with E-state index in [4.69, 9.17) is 4.74 Å². The molecule has 1 heterocycles. The summed E-state index contributed by atoms with van der Waals surface area (Å²) >= 11 is 0. The lowest BCUT2D eigenvalue weighted by Crippen LogP contribution is -2.51. The van der Waals surface area contributed by atoms with Crippen LogP contribution < -0.4 is 14.4 Å². The van der Waals surface area contributed by atoms with Crippen LogP contribution in [0.4, 0.5) is 5.69 Å². The van der Waals surface area contributed by atoms with E-state index in [1.807, 2.05) is 39.0 Å². The highest BCUT2D eigenvalue weighted by molar-refractivity contribution is 7.92. The summed E-state index contributed by atoms with van der Waals surface area (Å²) in [4.78, 5) is 12.9. The van der Waals surface area contributed by atoms with Crippen LogP contribution in [0.3, 0.4) is 0 Å². The van der Waals surface area contributed by atoms with E-state index in [0.29, 0.717) is 11.4 Å². The molecule has 6 nitrogen and oxygen atoms in total. The summed E-state index contributed by atoms with van der Waals surface area (Å²) in [6.45, 7) is 7.47. The molecule has 1 aliphatic rings. The topological polar surface area (TPSA) is 75.7 Å². The first-order valence-electron chi connectivity index (χ1n) is 9.36. The first-order chi connectivity index (χ1) is 13.2. The van der Waals surface area contributed by atoms with Gasteiger partial charge in [-0.15, -0.1) is 0 Å². The van der Waals surface area contributed by atoms with E-state index in [-0.39, 0.29) is 24.2 Å². The third-order valence-corrected chi connectivity index (χ3v) is 6.73. The monoisotopic (exact) mass is 402 g/mol. The van der Waals surface area contributed by atoms with Gasteiger partial charge in [0, 0.05) is 0 Å². The summed E-state index contributed by atoms with van der Waals surface area (Å²) in [5.74, 6) is 0.0127. The van der Waals surface area contributed by atoms with Gasteiger partial charge in [-0.25, -0.2) is 8.42 Å². The van der Waals surface area contributed by atoms with Gasteiger partial charge in [-0.05, 0) is 51.0 Å². The minimum atomic E-state index is -3.52. The van der Waals surface area contributed by atoms with Crippen LogP contribution in [-0.4, -0.2) is 32.7 Å². The molecule has 7 heteroatoms. The average Bonchev–Trinajstić information content (AvgIpc) is 2.68. The number of carbonyl (C=O) groups is 1. The Morgan fingerprint density at radius 1 is 1.25 bits per heavy atom. The van der Waals surface area contributed by atoms with Crippen molar-refractivity contribution in [3.8, 4) is 5.75 Å². The van der Waals surface area contributed by atoms with Gasteiger partial charge in [-0.2, -0.15) is 0 Å². The molecule has 0 spiro atoms. The van der Waals surface area contributed by atoms with Crippen LogP contribution >= 0.6 is 0 Å². The van der Waals surface area contributed by atoms with Gasteiger partial charge in [0.15, 0.2) is 6.10 Å². The Kier molecular flexibility index (Phi) is 5.65. The molecule has 1 aliphatic heterocycles. The Labute approximate surface area is 166 Å². The Balaban J connectivity index is 1.84. The van der Waals surface area contributed by atoms with Gasteiger partial charge in [0.05, 0.1) is 24.0 Å². The van der Waals surface area contributed by atoms with E-state index in [2.05, 4.69) is 5.32 Å². The predicted octanol–water partition coefficient (Wildman–Crippen LogP) is 3.10. The molecule has 0 bridgehead atoms. The molecule has 1 N–H and O–H groups in total. The predicted molar refractivity (Wildman–Crippen MR) is 110 cm³/mol. The van der Waals surface area contributed by atoms with Crippen molar-refractivity contribution in [3.63, 3.8) is 0 Å². The zero-order chi connectivity index (χ0) is 20.5. The third kappa shape index (κ3) is 3.99. The van der Waals surface area contributed by atoms with Gasteiger partial charge in [0.25, 0.3) is 5.91 Å². The van der Waals surface area contributed by atoms with E-state index in [9.17, 15) is 13.2 Å². The summed E-state index contributed by atoms with van der Waals surface area (Å²) in [5.41, 5.74) is 3.70. The average molecular weight is 403 g/mol. The number of carbonyl (C=O) groups excluding carboxylic acids is 1. The van der Waals surface area contributed by atoms with Gasteiger partial charge < -0.3 is 10.1 Å². The maximum atomic E-state index is 12.9. The summed E-state index contributed by atoms with van der Waals surface area (Å²) in [7, 11) is -3.52. The smallest absolute Gasteiger partial charge is 0.263 e. The molecule has 0 radical (unpaired) electrons. The molecular formula is C21H26N2O4S. The first kappa shape index (κ1) is 20.2. The van der Waals surface area contributed by atoms with Crippen molar-refractivity contribution in [2.75, 3.05) is 16.6 Å². The van der Waals surface area contributed by atoms with E-state index in [0.717, 1.165) is 16.7 Å². The van der Waals surface area contributed by atoms with Crippen molar-refractivity contribution >= 4 is 21.6 Å². The molecule has 2 atom stereocenters. The molecule has 2 aromatic rings. The van der Waals surface area contributed by atoms with E-state index in [1.165, 1.54) is 4.31 Å². The SMILES string of the molecule is CCS(=O)(=O)N1C[C@H](C(=O)N[C@@H](C)c2cc(C)ccc2C)Oc2ccccc21. The molecule has 28 heavy (non-hydrogen) atoms. The zero-order valence-corrected chi connectivity index (χ0v) is 17.4. The Morgan fingerprint density at radius 2 is 1.96 bits per heavy atom. The lowest BCUT2D eigenvalue weighted by molar-refractivity contribution is -0.128. The van der Waals surface area contributed by atoms with Gasteiger partial charge >= 0.3 is 0 Å². The van der Waals surface area contributed by atoms with Crippen molar-refractivity contribution in [2.45, 2.75) is 39.8 Å². The molecule has 150 valence electrons. The maximum absolute atomic E-state index is 12.9. The normalized spacial score (nSPS) is 17.4. The molecule has 0 saturated heterocycles. The number of rotatable bonds is 5. The van der Waals surface area contributed by atoms with Gasteiger partial charge in [-0.1, -0.05) is 35.9 Å². The van der Waals surface area contributed by atoms with Crippen molar-refractivity contribution in [1.29, 1.82) is 0 Å². The number of sulfonamides is 1. The number of amides is 1. The number of aryl methyl sites for hydroxylation is 2. The summed E-state index contributed by atoms with van der Waals surface area (Å²) in [6, 6.07) is 12.8. The quantitative estimate of drug-likeness (QED) is 0.834. The lowest BCUT2D eigenvalue weighted by Gasteiger charge is -2.35. The molecule has 0 fully saturated rings. The summed E-state index contributed by atoms with van der Waals surface area (Å²) < 4.78 is 32.2. The molecule has 0 aromatic heterocycles. The van der Waals surface area contributed by atoms with E-state index in [1.54, 1.807) is 31.2 Å². The van der Waals surface area contributed by atoms with Crippen molar-refractivity contribution in [2.24, 2.45) is 0 Å². The van der Waals surface area contributed by atoms with Gasteiger partial charge in [-0.3, -0.25) is 9.10 Å². The molecule has 1 amide bonds. The second kappa shape index (κ2) is 7.83. The number of para-hydroxylation sites is 2. The highest BCUT2D eigenvalue weighted by Crippen LogP contribution is 2.35. The van der Waals surface area contributed by atoms with Gasteiger partial charge in [0.1, 0.15) is 5.75 Å². The summed E-state index contributed by atoms with van der Waals surface area (Å²) in [5, 5.41) is 2.97. The number of nitrogens with one attached hydrogen (secondary N) is 1. The molecule has 0 saturated carbocycles. The minimum Gasteiger partial charge on any atom is -0.476 e. The fraction of sp³-hybridized carbons (Fsp3) is 0.381. The van der Waals surface area contributed by atoms with Gasteiger partial charge in [0.2, 0.25) is 10.0 Å². The summed E-state index contributed by atoms with van der Waals surface area (Å²) in [6.07, 6.45) is -0.913. The lowest BCUT2D eigenvalue weighted by atomic mass is 10.00. The number of benzene rings is 2. The Hall–Kier alpha value is -2.54. The van der Waals surface area contributed by atoms with E-state index >= 15 is 0 Å². The number of nitrogens with zero attached hydrogens (tertiary/aromatic N) is 1. The zero-order valence-electron chi connectivity index (χ0n) is 16.6. The van der Waals surface area contributed by atoms with Crippen LogP contribution in [0, 0.1) is 13.8 Å². The van der Waals surface area contributed by atoms with Crippen molar-refractivity contribution in [1.82, 2.24) is 5.32 Å². The second-order valence-electron chi connectivity index (χ2n) is 7.10.